The maximum Gasteiger partial charge on any atom is 0.394 e. The molecule has 0 spiro atoms. The van der Waals surface area contributed by atoms with Crippen molar-refractivity contribution in [3.05, 3.63) is 184 Å². The monoisotopic (exact) mass is 1530 g/mol. The topological polar surface area (TPSA) is 217 Å². The molecule has 0 saturated heterocycles. The van der Waals surface area contributed by atoms with Gasteiger partial charge in [-0.25, -0.2) is 4.79 Å². The Balaban J connectivity index is 0.930. The number of hydrogen-bond acceptors (Lipinski definition) is 15. The zero-order chi connectivity index (χ0) is 78.4. The van der Waals surface area contributed by atoms with E-state index in [9.17, 15) is 14.7 Å². The number of carbonyl (C=O) groups is 2. The van der Waals surface area contributed by atoms with Gasteiger partial charge in [-0.15, -0.1) is 0 Å². The number of aryl methyl sites for hydroxylation is 5. The molecule has 1 N–H and O–H groups in total. The Morgan fingerprint density at radius 3 is 1.18 bits per heavy atom. The minimum Gasteiger partial charge on any atom is -0.474 e. The molecule has 0 radical (unpaired) electrons. The van der Waals surface area contributed by atoms with E-state index < -0.39 is 11.9 Å². The molecule has 4 heterocycles. The number of anilines is 1. The minimum atomic E-state index is -1.55. The molecule has 4 aromatic heterocycles. The highest BCUT2D eigenvalue weighted by Crippen LogP contribution is 2.43. The molecule has 2 bridgehead atoms. The summed E-state index contributed by atoms with van der Waals surface area (Å²) in [5, 5.41) is 28.7. The molecule has 113 heavy (non-hydrogen) atoms. The smallest absolute Gasteiger partial charge is 0.394 e. The van der Waals surface area contributed by atoms with Crippen molar-refractivity contribution < 1.29 is 32.8 Å². The number of amides is 1. The highest BCUT2D eigenvalue weighted by atomic mass is 16.5. The number of fused-ring (bicyclic) bond motifs is 4. The lowest BCUT2D eigenvalue weighted by molar-refractivity contribution is -0.156. The van der Waals surface area contributed by atoms with Gasteiger partial charge in [0.2, 0.25) is 0 Å². The molecule has 10 aromatic rings. The van der Waals surface area contributed by atoms with Gasteiger partial charge in [-0.1, -0.05) is 339 Å². The summed E-state index contributed by atoms with van der Waals surface area (Å²) in [5.74, 6) is 1.95. The number of carboxylic acid groups (broad SMARTS) is 1. The van der Waals surface area contributed by atoms with Crippen molar-refractivity contribution in [1.29, 1.82) is 0 Å². The van der Waals surface area contributed by atoms with Gasteiger partial charge in [0, 0.05) is 79.8 Å². The van der Waals surface area contributed by atoms with Crippen molar-refractivity contribution in [3.63, 3.8) is 0 Å². The maximum absolute atomic E-state index is 14.4. The highest BCUT2D eigenvalue weighted by Gasteiger charge is 2.29. The van der Waals surface area contributed by atoms with Crippen LogP contribution < -0.4 is 4.90 Å². The van der Waals surface area contributed by atoms with E-state index in [1.165, 1.54) is 196 Å². The van der Waals surface area contributed by atoms with E-state index in [0.29, 0.717) is 83.9 Å². The summed E-state index contributed by atoms with van der Waals surface area (Å²) in [4.78, 5) is 51.3. The summed E-state index contributed by atoms with van der Waals surface area (Å²) in [6.45, 7) is 9.76. The number of rotatable bonds is 54. The Labute approximate surface area is 672 Å². The van der Waals surface area contributed by atoms with Gasteiger partial charge in [0.25, 0.3) is 23.6 Å². The van der Waals surface area contributed by atoms with Gasteiger partial charge in [-0.2, -0.15) is 19.9 Å². The van der Waals surface area contributed by atoms with Crippen molar-refractivity contribution in [3.8, 4) is 68.1 Å². The third-order valence-corrected chi connectivity index (χ3v) is 22.7. The van der Waals surface area contributed by atoms with E-state index >= 15 is 0 Å². The Morgan fingerprint density at radius 2 is 0.726 bits per heavy atom. The van der Waals surface area contributed by atoms with Gasteiger partial charge >= 0.3 is 11.9 Å². The van der Waals surface area contributed by atoms with Gasteiger partial charge in [0.05, 0.1) is 0 Å². The molecule has 11 rings (SSSR count). The van der Waals surface area contributed by atoms with Crippen LogP contribution in [0.4, 0.5) is 5.69 Å². The predicted molar refractivity (Wildman–Crippen MR) is 453 cm³/mol. The van der Waals surface area contributed by atoms with Crippen LogP contribution in [-0.4, -0.2) is 62.4 Å². The lowest BCUT2D eigenvalue weighted by Gasteiger charge is -2.31. The average Bonchev–Trinajstić information content (AvgIpc) is 1.68. The molecule has 17 nitrogen and oxygen atoms in total. The second-order valence-electron chi connectivity index (χ2n) is 31.8. The predicted octanol–water partition coefficient (Wildman–Crippen LogP) is 25.4. The van der Waals surface area contributed by atoms with Crippen molar-refractivity contribution >= 4 is 17.6 Å². The van der Waals surface area contributed by atoms with Crippen LogP contribution in [0.3, 0.4) is 0 Å². The Kier molecular flexibility index (Phi) is 34.9. The first-order valence-corrected chi connectivity index (χ1v) is 43.9. The fourth-order valence-corrected chi connectivity index (χ4v) is 16.0. The van der Waals surface area contributed by atoms with Crippen LogP contribution in [0.25, 0.3) is 68.1 Å². The fourth-order valence-electron chi connectivity index (χ4n) is 16.0. The quantitative estimate of drug-likeness (QED) is 0.0277. The van der Waals surface area contributed by atoms with Gasteiger partial charge in [0.15, 0.2) is 23.3 Å². The first kappa shape index (κ1) is 84.5. The molecule has 0 atom stereocenters. The molecule has 1 amide bonds. The van der Waals surface area contributed by atoms with Gasteiger partial charge < -0.3 is 33.0 Å². The summed E-state index contributed by atoms with van der Waals surface area (Å²) < 4.78 is 24.3. The maximum atomic E-state index is 14.4. The molecule has 17 heteroatoms. The van der Waals surface area contributed by atoms with E-state index in [2.05, 4.69) is 144 Å². The third-order valence-electron chi connectivity index (χ3n) is 22.7. The van der Waals surface area contributed by atoms with E-state index in [1.54, 1.807) is 0 Å². The summed E-state index contributed by atoms with van der Waals surface area (Å²) in [7, 11) is 0. The number of carboxylic acids is 1. The zero-order valence-corrected chi connectivity index (χ0v) is 68.5. The molecule has 0 fully saturated rings. The van der Waals surface area contributed by atoms with Gasteiger partial charge in [-0.3, -0.25) is 4.79 Å². The van der Waals surface area contributed by atoms with Crippen LogP contribution >= 0.6 is 0 Å². The molecule has 1 aliphatic rings. The second kappa shape index (κ2) is 46.7. The largest absolute Gasteiger partial charge is 0.474 e. The lowest BCUT2D eigenvalue weighted by Crippen LogP contribution is -2.36. The van der Waals surface area contributed by atoms with Crippen LogP contribution in [0.1, 0.15) is 316 Å². The SMILES string of the molecule is CCCCCCCCCCCc1noc(-c2ccc(CN(Cc3ccc(-c4nc(CCCCCCCCCCC)no4)cc3N(Cc3ccc(-c4nc(CCCCCCCCCCC)no4)cc3)Cc3ccc(-c4nc(CCCCCCCCCCC)no4)c4c3CCc3cc-4ccc3-c3ccccc3)C(=O)C(=O)O)cc2)n1. The van der Waals surface area contributed by atoms with E-state index in [4.69, 9.17) is 38.0 Å². The van der Waals surface area contributed by atoms with Crippen LogP contribution in [-0.2, 0) is 74.3 Å². The summed E-state index contributed by atoms with van der Waals surface area (Å²) in [6, 6.07) is 43.8. The molecule has 0 aliphatic heterocycles. The van der Waals surface area contributed by atoms with Crippen molar-refractivity contribution in [2.24, 2.45) is 0 Å². The summed E-state index contributed by atoms with van der Waals surface area (Å²) in [5.41, 5.74) is 14.3. The standard InChI is InChI=1S/C96H126N10O7/c1-5-9-13-17-21-25-29-33-40-46-86-97-91(110-101-86)75-54-50-72(51-55-75)68-105(70-80-62-65-84(94-100-89(104-113-94)49-43-36-32-28-24-20-16-12-8-4)90-78-61-63-82(74-44-38-37-39-45-74)77(66-78)60-64-83(80)90)85-67-79(93-99-88(103-112-93)48-42-35-31-27-23-19-15-11-7-3)58-59-81(85)71-106(95(107)96(108)109)69-73-52-56-76(57-53-73)92-98-87(102-111-92)47-41-34-30-26-22-18-14-10-6-2/h37-39,44-45,50-59,61-63,65-67H,5-36,40-43,46-49,60,64,68-71H2,1-4H3,(H,108,109). The number of carbonyl (C=O) groups excluding carboxylic acids is 1. The normalized spacial score (nSPS) is 11.9. The first-order chi connectivity index (χ1) is 55.6. The molecule has 1 aliphatic carbocycles. The molecular formula is C96H126N10O7. The Morgan fingerprint density at radius 1 is 0.345 bits per heavy atom. The van der Waals surface area contributed by atoms with Crippen LogP contribution in [0.5, 0.6) is 0 Å². The number of hydrogen-bond donors (Lipinski definition) is 1. The molecular weight excluding hydrogens is 1410 g/mol. The lowest BCUT2D eigenvalue weighted by atomic mass is 9.89. The molecule has 602 valence electrons. The van der Waals surface area contributed by atoms with Crippen LogP contribution in [0, 0.1) is 0 Å². The average molecular weight is 1530 g/mol. The van der Waals surface area contributed by atoms with Gasteiger partial charge in [-0.05, 0) is 137 Å². The number of nitrogens with zero attached hydrogens (tertiary/aromatic N) is 10. The third kappa shape index (κ3) is 26.3. The van der Waals surface area contributed by atoms with Crippen molar-refractivity contribution in [2.75, 3.05) is 4.90 Å². The van der Waals surface area contributed by atoms with Crippen molar-refractivity contribution in [2.45, 2.75) is 324 Å². The van der Waals surface area contributed by atoms with E-state index in [-0.39, 0.29) is 13.1 Å². The number of aliphatic carboxylic acids is 1. The first-order valence-electron chi connectivity index (χ1n) is 43.9. The fraction of sp³-hybridized carbons (Fsp3) is 0.521. The van der Waals surface area contributed by atoms with Gasteiger partial charge in [0.1, 0.15) is 0 Å². The van der Waals surface area contributed by atoms with Crippen LogP contribution in [0.2, 0.25) is 0 Å². The summed E-state index contributed by atoms with van der Waals surface area (Å²) in [6.07, 6.45) is 48.6. The minimum absolute atomic E-state index is 0.000783. The Bertz CT molecular complexity index is 4420. The molecule has 0 unspecified atom stereocenters. The molecule has 6 aromatic carbocycles. The summed E-state index contributed by atoms with van der Waals surface area (Å²) >= 11 is 0. The zero-order valence-electron chi connectivity index (χ0n) is 68.5. The van der Waals surface area contributed by atoms with Crippen molar-refractivity contribution in [1.82, 2.24) is 45.5 Å². The number of unbranched alkanes of at least 4 members (excludes halogenated alkanes) is 32. The Hall–Kier alpha value is -9.38. The number of aromatic nitrogens is 8. The van der Waals surface area contributed by atoms with E-state index in [1.807, 2.05) is 36.4 Å². The highest BCUT2D eigenvalue weighted by molar-refractivity contribution is 6.31. The molecule has 0 saturated carbocycles. The second-order valence-corrected chi connectivity index (χ2v) is 31.8. The number of benzene rings is 6. The van der Waals surface area contributed by atoms with E-state index in [0.717, 1.165) is 138 Å². The van der Waals surface area contributed by atoms with Crippen LogP contribution in [0.15, 0.2) is 145 Å².